The molecule has 0 fully saturated rings. The quantitative estimate of drug-likeness (QED) is 0.569. The van der Waals surface area contributed by atoms with Crippen LogP contribution in [0.2, 0.25) is 0 Å². The minimum atomic E-state index is -5.20. The Morgan fingerprint density at radius 3 is 2.19 bits per heavy atom. The van der Waals surface area contributed by atoms with E-state index in [1.807, 2.05) is 0 Å². The van der Waals surface area contributed by atoms with Gasteiger partial charge in [0, 0.05) is 0 Å². The number of halogens is 4. The van der Waals surface area contributed by atoms with Gasteiger partial charge in [-0.25, -0.2) is 0 Å². The lowest BCUT2D eigenvalue weighted by Crippen LogP contribution is -2.07. The number of hydrogen-bond acceptors (Lipinski definition) is 3. The molecule has 8 heteroatoms. The number of alkyl halides is 3. The molecular weight excluding hydrogens is 250 g/mol. The van der Waals surface area contributed by atoms with Crippen molar-refractivity contribution in [1.82, 2.24) is 0 Å². The average Bonchev–Trinajstić information content (AvgIpc) is 2.14. The SMILES string of the molecule is N#Cc1cc(C(F)(F)F)ccc1S(=O)(=O)F. The molecule has 0 atom stereocenters. The van der Waals surface area contributed by atoms with E-state index in [0.29, 0.717) is 12.1 Å². The molecule has 0 aromatic heterocycles. The largest absolute Gasteiger partial charge is 0.416 e. The first kappa shape index (κ1) is 12.4. The zero-order valence-corrected chi connectivity index (χ0v) is 8.23. The summed E-state index contributed by atoms with van der Waals surface area (Å²) in [4.78, 5) is -1.07. The van der Waals surface area contributed by atoms with Crippen LogP contribution in [-0.4, -0.2) is 8.42 Å². The van der Waals surface area contributed by atoms with E-state index >= 15 is 0 Å². The molecule has 0 aliphatic heterocycles. The van der Waals surface area contributed by atoms with Gasteiger partial charge in [0.1, 0.15) is 11.0 Å². The molecule has 3 nitrogen and oxygen atoms in total. The fourth-order valence-electron chi connectivity index (χ4n) is 1.01. The van der Waals surface area contributed by atoms with Gasteiger partial charge in [-0.1, -0.05) is 0 Å². The molecule has 0 spiro atoms. The molecule has 0 saturated heterocycles. The number of benzene rings is 1. The van der Waals surface area contributed by atoms with Crippen LogP contribution in [0.4, 0.5) is 17.1 Å². The lowest BCUT2D eigenvalue weighted by Gasteiger charge is -2.07. The Kier molecular flexibility index (Phi) is 2.92. The lowest BCUT2D eigenvalue weighted by molar-refractivity contribution is -0.137. The third-order valence-corrected chi connectivity index (χ3v) is 2.57. The summed E-state index contributed by atoms with van der Waals surface area (Å²) in [6, 6.07) is 2.29. The third-order valence-electron chi connectivity index (χ3n) is 1.69. The van der Waals surface area contributed by atoms with Gasteiger partial charge in [-0.2, -0.15) is 26.9 Å². The molecule has 0 unspecified atom stereocenters. The van der Waals surface area contributed by atoms with Crippen molar-refractivity contribution in [3.63, 3.8) is 0 Å². The molecule has 0 N–H and O–H groups in total. The molecule has 16 heavy (non-hydrogen) atoms. The van der Waals surface area contributed by atoms with E-state index in [1.54, 1.807) is 0 Å². The maximum Gasteiger partial charge on any atom is 0.416 e. The van der Waals surface area contributed by atoms with Crippen LogP contribution in [0.25, 0.3) is 0 Å². The summed E-state index contributed by atoms with van der Waals surface area (Å²) in [5, 5.41) is 8.42. The first-order valence-electron chi connectivity index (χ1n) is 3.72. The fourth-order valence-corrected chi connectivity index (χ4v) is 1.60. The smallest absolute Gasteiger partial charge is 0.192 e. The van der Waals surface area contributed by atoms with E-state index in [9.17, 15) is 25.5 Å². The molecule has 1 aromatic carbocycles. The number of nitriles is 1. The van der Waals surface area contributed by atoms with Crippen LogP contribution in [0.5, 0.6) is 0 Å². The van der Waals surface area contributed by atoms with Crippen LogP contribution in [0.3, 0.4) is 0 Å². The Balaban J connectivity index is 3.48. The minimum absolute atomic E-state index is 0.284. The van der Waals surface area contributed by atoms with E-state index < -0.39 is 32.4 Å². The van der Waals surface area contributed by atoms with Gasteiger partial charge in [-0.15, -0.1) is 3.89 Å². The Labute approximate surface area is 88.1 Å². The van der Waals surface area contributed by atoms with Crippen LogP contribution in [0.15, 0.2) is 23.1 Å². The molecule has 86 valence electrons. The topological polar surface area (TPSA) is 57.9 Å². The van der Waals surface area contributed by atoms with Gasteiger partial charge in [0.05, 0.1) is 11.1 Å². The van der Waals surface area contributed by atoms with Gasteiger partial charge in [0.2, 0.25) is 0 Å². The molecule has 1 aromatic rings. The highest BCUT2D eigenvalue weighted by Gasteiger charge is 2.32. The van der Waals surface area contributed by atoms with Crippen LogP contribution in [0.1, 0.15) is 11.1 Å². The van der Waals surface area contributed by atoms with Gasteiger partial charge in [-0.05, 0) is 18.2 Å². The summed E-state index contributed by atoms with van der Waals surface area (Å²) in [5.74, 6) is 0. The highest BCUT2D eigenvalue weighted by molar-refractivity contribution is 7.86. The van der Waals surface area contributed by atoms with E-state index in [1.165, 1.54) is 6.07 Å². The molecular formula is C8H3F4NO2S. The molecule has 1 rings (SSSR count). The maximum atomic E-state index is 12.5. The second-order valence-electron chi connectivity index (χ2n) is 2.76. The summed E-state index contributed by atoms with van der Waals surface area (Å²) in [6.45, 7) is 0. The van der Waals surface area contributed by atoms with Crippen LogP contribution >= 0.6 is 0 Å². The first-order chi connectivity index (χ1) is 7.16. The monoisotopic (exact) mass is 253 g/mol. The summed E-state index contributed by atoms with van der Waals surface area (Å²) in [6.07, 6.45) is -4.72. The summed E-state index contributed by atoms with van der Waals surface area (Å²) in [5.41, 5.74) is -2.09. The number of nitrogens with zero attached hydrogens (tertiary/aromatic N) is 1. The Morgan fingerprint density at radius 2 is 1.81 bits per heavy atom. The standard InChI is InChI=1S/C8H3F4NO2S/c9-8(10,11)6-1-2-7(16(12,14)15)5(3-6)4-13/h1-3H. The van der Waals surface area contributed by atoms with Gasteiger partial charge < -0.3 is 0 Å². The van der Waals surface area contributed by atoms with E-state index in [4.69, 9.17) is 5.26 Å². The minimum Gasteiger partial charge on any atom is -0.192 e. The highest BCUT2D eigenvalue weighted by Crippen LogP contribution is 2.31. The second-order valence-corrected chi connectivity index (χ2v) is 4.07. The first-order valence-corrected chi connectivity index (χ1v) is 5.10. The van der Waals surface area contributed by atoms with Crippen molar-refractivity contribution in [1.29, 1.82) is 5.26 Å². The Morgan fingerprint density at radius 1 is 1.25 bits per heavy atom. The van der Waals surface area contributed by atoms with Crippen LogP contribution < -0.4 is 0 Å². The zero-order valence-electron chi connectivity index (χ0n) is 7.42. The summed E-state index contributed by atoms with van der Waals surface area (Å²) >= 11 is 0. The lowest BCUT2D eigenvalue weighted by atomic mass is 10.1. The van der Waals surface area contributed by atoms with Crippen molar-refractivity contribution in [2.24, 2.45) is 0 Å². The molecule has 0 bridgehead atoms. The maximum absolute atomic E-state index is 12.5. The second kappa shape index (κ2) is 3.75. The zero-order chi connectivity index (χ0) is 12.6. The molecule has 0 amide bonds. The molecule has 0 radical (unpaired) electrons. The normalized spacial score (nSPS) is 12.2. The Hall–Kier alpha value is -1.62. The van der Waals surface area contributed by atoms with E-state index in [0.717, 1.165) is 0 Å². The molecule has 0 saturated carbocycles. The molecule has 0 aliphatic carbocycles. The number of rotatable bonds is 1. The molecule has 0 heterocycles. The summed E-state index contributed by atoms with van der Waals surface area (Å²) < 4.78 is 70.0. The third kappa shape index (κ3) is 2.49. The van der Waals surface area contributed by atoms with Gasteiger partial charge in [-0.3, -0.25) is 0 Å². The van der Waals surface area contributed by atoms with Gasteiger partial charge in [0.25, 0.3) is 0 Å². The van der Waals surface area contributed by atoms with Crippen LogP contribution in [0, 0.1) is 11.3 Å². The fraction of sp³-hybridized carbons (Fsp3) is 0.125. The summed E-state index contributed by atoms with van der Waals surface area (Å²) in [7, 11) is -5.20. The van der Waals surface area contributed by atoms with Crippen molar-refractivity contribution in [3.8, 4) is 6.07 Å². The van der Waals surface area contributed by atoms with Gasteiger partial charge >= 0.3 is 16.4 Å². The van der Waals surface area contributed by atoms with E-state index in [-0.39, 0.29) is 6.07 Å². The van der Waals surface area contributed by atoms with E-state index in [2.05, 4.69) is 0 Å². The highest BCUT2D eigenvalue weighted by atomic mass is 32.3. The predicted octanol–water partition coefficient (Wildman–Crippen LogP) is 2.24. The van der Waals surface area contributed by atoms with Crippen molar-refractivity contribution in [2.45, 2.75) is 11.1 Å². The average molecular weight is 253 g/mol. The molecule has 0 aliphatic rings. The van der Waals surface area contributed by atoms with Crippen LogP contribution in [-0.2, 0) is 16.4 Å². The Bertz CT molecular complexity index is 556. The number of hydrogen-bond donors (Lipinski definition) is 0. The van der Waals surface area contributed by atoms with Crippen molar-refractivity contribution < 1.29 is 25.5 Å². The van der Waals surface area contributed by atoms with Crippen molar-refractivity contribution in [2.75, 3.05) is 0 Å². The van der Waals surface area contributed by atoms with Crippen molar-refractivity contribution in [3.05, 3.63) is 29.3 Å². The van der Waals surface area contributed by atoms with Gasteiger partial charge in [0.15, 0.2) is 0 Å². The predicted molar refractivity (Wildman–Crippen MR) is 44.5 cm³/mol. The van der Waals surface area contributed by atoms with Crippen molar-refractivity contribution >= 4 is 10.2 Å².